The number of rotatable bonds is 8. The molecule has 1 saturated heterocycles. The number of alkyl halides is 3. The molecule has 2 aromatic carbocycles. The van der Waals surface area contributed by atoms with Crippen molar-refractivity contribution >= 4 is 26.5 Å². The average Bonchev–Trinajstić information content (AvgIpc) is 3.32. The number of sulfonamides is 1. The van der Waals surface area contributed by atoms with Crippen molar-refractivity contribution in [2.24, 2.45) is 0 Å². The SMILES string of the molecule is COc1ccc(OC)c(Cc2csc(N3CCN(S(=O)(=O)c4ccc(OC(F)(F)F)cc4)CC3)n2)c1. The molecule has 0 saturated carbocycles. The molecule has 8 nitrogen and oxygen atoms in total. The molecule has 3 aromatic rings. The van der Waals surface area contributed by atoms with Gasteiger partial charge in [-0.05, 0) is 42.5 Å². The first-order valence-corrected chi connectivity index (χ1v) is 13.2. The molecule has 194 valence electrons. The first-order valence-electron chi connectivity index (χ1n) is 10.9. The van der Waals surface area contributed by atoms with E-state index >= 15 is 0 Å². The summed E-state index contributed by atoms with van der Waals surface area (Å²) in [5, 5.41) is 2.75. The Morgan fingerprint density at radius 1 is 0.972 bits per heavy atom. The van der Waals surface area contributed by atoms with E-state index in [2.05, 4.69) is 4.74 Å². The average molecular weight is 544 g/mol. The molecule has 0 N–H and O–H groups in total. The monoisotopic (exact) mass is 543 g/mol. The highest BCUT2D eigenvalue weighted by Crippen LogP contribution is 2.30. The van der Waals surface area contributed by atoms with Crippen LogP contribution in [0, 0.1) is 0 Å². The zero-order valence-corrected chi connectivity index (χ0v) is 21.1. The fraction of sp³-hybridized carbons (Fsp3) is 0.348. The summed E-state index contributed by atoms with van der Waals surface area (Å²) < 4.78 is 78.8. The summed E-state index contributed by atoms with van der Waals surface area (Å²) in [4.78, 5) is 6.65. The maximum atomic E-state index is 13.0. The molecule has 1 aliphatic rings. The Morgan fingerprint density at radius 3 is 2.25 bits per heavy atom. The molecule has 0 aliphatic carbocycles. The van der Waals surface area contributed by atoms with E-state index in [1.165, 1.54) is 15.6 Å². The molecular weight excluding hydrogens is 519 g/mol. The number of hydrogen-bond acceptors (Lipinski definition) is 8. The summed E-state index contributed by atoms with van der Waals surface area (Å²) in [6, 6.07) is 9.79. The van der Waals surface area contributed by atoms with E-state index in [4.69, 9.17) is 14.5 Å². The van der Waals surface area contributed by atoms with Crippen LogP contribution in [0.4, 0.5) is 18.3 Å². The third-order valence-corrected chi connectivity index (χ3v) is 8.47. The van der Waals surface area contributed by atoms with Gasteiger partial charge < -0.3 is 19.1 Å². The Hall–Kier alpha value is -3.03. The number of aromatic nitrogens is 1. The Morgan fingerprint density at radius 2 is 1.64 bits per heavy atom. The van der Waals surface area contributed by atoms with Crippen LogP contribution in [-0.2, 0) is 16.4 Å². The largest absolute Gasteiger partial charge is 0.573 e. The van der Waals surface area contributed by atoms with E-state index in [0.29, 0.717) is 19.5 Å². The number of ether oxygens (including phenoxy) is 3. The number of halogens is 3. The van der Waals surface area contributed by atoms with Gasteiger partial charge in [0.05, 0.1) is 24.8 Å². The van der Waals surface area contributed by atoms with Gasteiger partial charge >= 0.3 is 6.36 Å². The van der Waals surface area contributed by atoms with Gasteiger partial charge in [0.15, 0.2) is 5.13 Å². The highest BCUT2D eigenvalue weighted by atomic mass is 32.2. The lowest BCUT2D eigenvalue weighted by molar-refractivity contribution is -0.274. The molecule has 4 rings (SSSR count). The van der Waals surface area contributed by atoms with Gasteiger partial charge in [-0.3, -0.25) is 0 Å². The minimum Gasteiger partial charge on any atom is -0.497 e. The van der Waals surface area contributed by atoms with Crippen molar-refractivity contribution in [2.75, 3.05) is 45.3 Å². The minimum absolute atomic E-state index is 0.0887. The lowest BCUT2D eigenvalue weighted by atomic mass is 10.1. The van der Waals surface area contributed by atoms with Crippen molar-refractivity contribution in [1.82, 2.24) is 9.29 Å². The van der Waals surface area contributed by atoms with Gasteiger partial charge in [-0.1, -0.05) is 0 Å². The van der Waals surface area contributed by atoms with Gasteiger partial charge in [-0.15, -0.1) is 24.5 Å². The van der Waals surface area contributed by atoms with Gasteiger partial charge in [0.25, 0.3) is 0 Å². The van der Waals surface area contributed by atoms with Crippen molar-refractivity contribution < 1.29 is 35.8 Å². The molecule has 2 heterocycles. The molecule has 0 amide bonds. The van der Waals surface area contributed by atoms with Crippen LogP contribution in [0.3, 0.4) is 0 Å². The van der Waals surface area contributed by atoms with Crippen molar-refractivity contribution in [2.45, 2.75) is 17.7 Å². The molecule has 36 heavy (non-hydrogen) atoms. The van der Waals surface area contributed by atoms with Gasteiger partial charge in [-0.2, -0.15) is 4.31 Å². The Kier molecular flexibility index (Phi) is 7.62. The fourth-order valence-corrected chi connectivity index (χ4v) is 6.12. The Balaban J connectivity index is 1.39. The molecule has 0 atom stereocenters. The molecule has 13 heteroatoms. The van der Waals surface area contributed by atoms with E-state index in [-0.39, 0.29) is 18.0 Å². The number of methoxy groups -OCH3 is 2. The predicted molar refractivity (Wildman–Crippen MR) is 129 cm³/mol. The van der Waals surface area contributed by atoms with Crippen LogP contribution in [0.25, 0.3) is 0 Å². The summed E-state index contributed by atoms with van der Waals surface area (Å²) in [6.45, 7) is 1.32. The lowest BCUT2D eigenvalue weighted by Crippen LogP contribution is -2.48. The van der Waals surface area contributed by atoms with Crippen molar-refractivity contribution in [3.63, 3.8) is 0 Å². The van der Waals surface area contributed by atoms with Crippen LogP contribution in [0.15, 0.2) is 52.7 Å². The zero-order valence-electron chi connectivity index (χ0n) is 19.5. The highest BCUT2D eigenvalue weighted by Gasteiger charge is 2.32. The van der Waals surface area contributed by atoms with Crippen LogP contribution in [-0.4, -0.2) is 64.5 Å². The summed E-state index contributed by atoms with van der Waals surface area (Å²) >= 11 is 1.48. The second-order valence-electron chi connectivity index (χ2n) is 7.89. The van der Waals surface area contributed by atoms with E-state index in [1.807, 2.05) is 28.5 Å². The first-order chi connectivity index (χ1) is 17.1. The number of piperazine rings is 1. The number of anilines is 1. The second kappa shape index (κ2) is 10.5. The normalized spacial score (nSPS) is 15.1. The van der Waals surface area contributed by atoms with E-state index in [0.717, 1.165) is 52.2 Å². The topological polar surface area (TPSA) is 81.2 Å². The van der Waals surface area contributed by atoms with Crippen molar-refractivity contribution in [3.05, 3.63) is 59.1 Å². The Bertz CT molecular complexity index is 1290. The van der Waals surface area contributed by atoms with Gasteiger partial charge in [-0.25, -0.2) is 13.4 Å². The zero-order chi connectivity index (χ0) is 25.9. The summed E-state index contributed by atoms with van der Waals surface area (Å²) in [5.74, 6) is 0.987. The highest BCUT2D eigenvalue weighted by molar-refractivity contribution is 7.89. The van der Waals surface area contributed by atoms with Gasteiger partial charge in [0.2, 0.25) is 10.0 Å². The molecule has 0 spiro atoms. The number of thiazole rings is 1. The summed E-state index contributed by atoms with van der Waals surface area (Å²) in [6.07, 6.45) is -4.29. The fourth-order valence-electron chi connectivity index (χ4n) is 3.82. The maximum Gasteiger partial charge on any atom is 0.573 e. The number of benzene rings is 2. The van der Waals surface area contributed by atoms with Crippen LogP contribution in [0.1, 0.15) is 11.3 Å². The van der Waals surface area contributed by atoms with Crippen LogP contribution >= 0.6 is 11.3 Å². The molecular formula is C23H24F3N3O5S2. The van der Waals surface area contributed by atoms with Crippen molar-refractivity contribution in [3.8, 4) is 17.2 Å². The molecule has 0 radical (unpaired) electrons. The Labute approximate surface area is 210 Å². The van der Waals surface area contributed by atoms with E-state index in [1.54, 1.807) is 14.2 Å². The van der Waals surface area contributed by atoms with E-state index < -0.39 is 22.1 Å². The third kappa shape index (κ3) is 6.02. The summed E-state index contributed by atoms with van der Waals surface area (Å²) in [7, 11) is -0.643. The number of nitrogens with zero attached hydrogens (tertiary/aromatic N) is 3. The smallest absolute Gasteiger partial charge is 0.497 e. The molecule has 0 bridgehead atoms. The molecule has 1 fully saturated rings. The minimum atomic E-state index is -4.84. The van der Waals surface area contributed by atoms with Crippen molar-refractivity contribution in [1.29, 1.82) is 0 Å². The van der Waals surface area contributed by atoms with Crippen LogP contribution in [0.2, 0.25) is 0 Å². The maximum absolute atomic E-state index is 13.0. The van der Waals surface area contributed by atoms with Crippen LogP contribution in [0.5, 0.6) is 17.2 Å². The first kappa shape index (κ1) is 26.0. The number of hydrogen-bond donors (Lipinski definition) is 0. The summed E-state index contributed by atoms with van der Waals surface area (Å²) in [5.41, 5.74) is 1.80. The van der Waals surface area contributed by atoms with Gasteiger partial charge in [0, 0.05) is 43.5 Å². The predicted octanol–water partition coefficient (Wildman–Crippen LogP) is 4.16. The quantitative estimate of drug-likeness (QED) is 0.422. The third-order valence-electron chi connectivity index (χ3n) is 5.60. The lowest BCUT2D eigenvalue weighted by Gasteiger charge is -2.33. The second-order valence-corrected chi connectivity index (χ2v) is 10.7. The molecule has 1 aliphatic heterocycles. The standard InChI is InChI=1S/C23H24F3N3O5S2/c1-32-19-5-8-21(33-2)16(14-19)13-17-15-35-22(27-17)28-9-11-29(12-10-28)36(30,31)20-6-3-18(4-7-20)34-23(24,25)26/h3-8,14-15H,9-13H2,1-2H3. The molecule has 0 unspecified atom stereocenters. The van der Waals surface area contributed by atoms with E-state index in [9.17, 15) is 21.6 Å². The van der Waals surface area contributed by atoms with Crippen LogP contribution < -0.4 is 19.1 Å². The van der Waals surface area contributed by atoms with Gasteiger partial charge in [0.1, 0.15) is 17.2 Å². The molecule has 1 aromatic heterocycles.